The molecule has 0 aromatic carbocycles. The average molecular weight is 250 g/mol. The highest BCUT2D eigenvalue weighted by molar-refractivity contribution is 7.09. The van der Waals surface area contributed by atoms with Crippen molar-refractivity contribution >= 4 is 11.3 Å². The first-order valence-corrected chi connectivity index (χ1v) is 7.76. The number of hydrogen-bond acceptors (Lipinski definition) is 3. The Morgan fingerprint density at radius 1 is 1.29 bits per heavy atom. The SMILES string of the molecule is Cc1csc(C2(NC3CC3)CCC(C)CC2)n1. The van der Waals surface area contributed by atoms with Gasteiger partial charge in [-0.05, 0) is 51.4 Å². The lowest BCUT2D eigenvalue weighted by molar-refractivity contribution is 0.193. The van der Waals surface area contributed by atoms with Crippen molar-refractivity contribution in [2.24, 2.45) is 5.92 Å². The molecular formula is C14H22N2S. The van der Waals surface area contributed by atoms with Crippen LogP contribution in [0.5, 0.6) is 0 Å². The molecule has 1 aromatic heterocycles. The summed E-state index contributed by atoms with van der Waals surface area (Å²) in [4.78, 5) is 4.77. The van der Waals surface area contributed by atoms with Crippen molar-refractivity contribution in [2.75, 3.05) is 0 Å². The van der Waals surface area contributed by atoms with Gasteiger partial charge in [0.15, 0.2) is 0 Å². The molecule has 0 unspecified atom stereocenters. The van der Waals surface area contributed by atoms with Crippen LogP contribution in [0.15, 0.2) is 5.38 Å². The van der Waals surface area contributed by atoms with Crippen molar-refractivity contribution in [3.63, 3.8) is 0 Å². The second-order valence-corrected chi connectivity index (χ2v) is 6.84. The maximum atomic E-state index is 4.77. The highest BCUT2D eigenvalue weighted by Crippen LogP contribution is 2.42. The van der Waals surface area contributed by atoms with E-state index in [0.29, 0.717) is 0 Å². The lowest BCUT2D eigenvalue weighted by Crippen LogP contribution is -2.46. The van der Waals surface area contributed by atoms with Crippen LogP contribution >= 0.6 is 11.3 Å². The standard InChI is InChI=1S/C14H22N2S/c1-10-5-7-14(8-6-10,16-12-3-4-12)13-15-11(2)9-17-13/h9-10,12,16H,3-8H2,1-2H3. The normalized spacial score (nSPS) is 33.9. The lowest BCUT2D eigenvalue weighted by atomic mass is 9.77. The monoisotopic (exact) mass is 250 g/mol. The van der Waals surface area contributed by atoms with Crippen molar-refractivity contribution in [3.8, 4) is 0 Å². The third kappa shape index (κ3) is 2.41. The highest BCUT2D eigenvalue weighted by Gasteiger charge is 2.41. The Morgan fingerprint density at radius 2 is 2.00 bits per heavy atom. The summed E-state index contributed by atoms with van der Waals surface area (Å²) < 4.78 is 0. The van der Waals surface area contributed by atoms with Crippen molar-refractivity contribution < 1.29 is 0 Å². The Labute approximate surface area is 108 Å². The van der Waals surface area contributed by atoms with Crippen molar-refractivity contribution in [3.05, 3.63) is 16.1 Å². The Hall–Kier alpha value is -0.410. The molecule has 0 spiro atoms. The van der Waals surface area contributed by atoms with Gasteiger partial charge in [0.2, 0.25) is 0 Å². The number of nitrogens with zero attached hydrogens (tertiary/aromatic N) is 1. The van der Waals surface area contributed by atoms with E-state index >= 15 is 0 Å². The molecule has 1 aromatic rings. The maximum Gasteiger partial charge on any atom is 0.113 e. The van der Waals surface area contributed by atoms with Gasteiger partial charge in [-0.2, -0.15) is 0 Å². The molecule has 0 aliphatic heterocycles. The summed E-state index contributed by atoms with van der Waals surface area (Å²) in [5.74, 6) is 0.894. The first-order chi connectivity index (χ1) is 8.18. The first-order valence-electron chi connectivity index (χ1n) is 6.88. The lowest BCUT2D eigenvalue weighted by Gasteiger charge is -2.39. The molecule has 3 heteroatoms. The van der Waals surface area contributed by atoms with Crippen LogP contribution in [0.3, 0.4) is 0 Å². The summed E-state index contributed by atoms with van der Waals surface area (Å²) in [6.07, 6.45) is 7.97. The summed E-state index contributed by atoms with van der Waals surface area (Å²) in [5, 5.41) is 7.44. The van der Waals surface area contributed by atoms with Gasteiger partial charge in [0, 0.05) is 17.1 Å². The molecule has 0 bridgehead atoms. The molecule has 2 fully saturated rings. The quantitative estimate of drug-likeness (QED) is 0.886. The van der Waals surface area contributed by atoms with Crippen LogP contribution in [0.2, 0.25) is 0 Å². The minimum atomic E-state index is 0.215. The van der Waals surface area contributed by atoms with Gasteiger partial charge in [-0.15, -0.1) is 11.3 Å². The third-order valence-electron chi connectivity index (χ3n) is 4.21. The number of aryl methyl sites for hydroxylation is 1. The minimum Gasteiger partial charge on any atom is -0.303 e. The number of rotatable bonds is 3. The molecule has 1 heterocycles. The molecule has 2 nitrogen and oxygen atoms in total. The number of thiazole rings is 1. The number of aromatic nitrogens is 1. The fraction of sp³-hybridized carbons (Fsp3) is 0.786. The van der Waals surface area contributed by atoms with Crippen molar-refractivity contribution in [1.29, 1.82) is 0 Å². The fourth-order valence-electron chi connectivity index (χ4n) is 2.87. The zero-order valence-corrected chi connectivity index (χ0v) is 11.6. The zero-order valence-electron chi connectivity index (χ0n) is 10.8. The molecule has 1 N–H and O–H groups in total. The molecule has 2 aliphatic carbocycles. The molecule has 2 aliphatic rings. The second-order valence-electron chi connectivity index (χ2n) is 5.98. The van der Waals surface area contributed by atoms with E-state index in [-0.39, 0.29) is 5.54 Å². The molecule has 0 saturated heterocycles. The molecular weight excluding hydrogens is 228 g/mol. The van der Waals surface area contributed by atoms with Crippen molar-refractivity contribution in [1.82, 2.24) is 10.3 Å². The predicted molar refractivity (Wildman–Crippen MR) is 72.3 cm³/mol. The molecule has 0 amide bonds. The van der Waals surface area contributed by atoms with Crippen LogP contribution in [0.1, 0.15) is 56.2 Å². The molecule has 0 radical (unpaired) electrons. The van der Waals surface area contributed by atoms with E-state index in [1.54, 1.807) is 0 Å². The Bertz CT molecular complexity index is 387. The Balaban J connectivity index is 1.84. The molecule has 17 heavy (non-hydrogen) atoms. The van der Waals surface area contributed by atoms with E-state index in [2.05, 4.69) is 24.5 Å². The van der Waals surface area contributed by atoms with Crippen LogP contribution in [0.4, 0.5) is 0 Å². The van der Waals surface area contributed by atoms with Gasteiger partial charge >= 0.3 is 0 Å². The van der Waals surface area contributed by atoms with Gasteiger partial charge in [0.1, 0.15) is 5.01 Å². The topological polar surface area (TPSA) is 24.9 Å². The molecule has 3 rings (SSSR count). The van der Waals surface area contributed by atoms with E-state index < -0.39 is 0 Å². The second kappa shape index (κ2) is 4.36. The van der Waals surface area contributed by atoms with Crippen LogP contribution in [-0.4, -0.2) is 11.0 Å². The fourth-order valence-corrected chi connectivity index (χ4v) is 3.89. The van der Waals surface area contributed by atoms with E-state index in [9.17, 15) is 0 Å². The average Bonchev–Trinajstić information content (AvgIpc) is 3.02. The van der Waals surface area contributed by atoms with Crippen LogP contribution < -0.4 is 5.32 Å². The minimum absolute atomic E-state index is 0.215. The van der Waals surface area contributed by atoms with E-state index in [1.807, 2.05) is 11.3 Å². The van der Waals surface area contributed by atoms with E-state index in [4.69, 9.17) is 4.98 Å². The maximum absolute atomic E-state index is 4.77. The Kier molecular flexibility index (Phi) is 2.99. The van der Waals surface area contributed by atoms with Gasteiger partial charge < -0.3 is 5.32 Å². The van der Waals surface area contributed by atoms with Gasteiger partial charge in [-0.3, -0.25) is 0 Å². The van der Waals surface area contributed by atoms with Crippen LogP contribution in [-0.2, 0) is 5.54 Å². The number of nitrogens with one attached hydrogen (secondary N) is 1. The zero-order chi connectivity index (χ0) is 11.9. The summed E-state index contributed by atoms with van der Waals surface area (Å²) in [6, 6.07) is 0.771. The first kappa shape index (κ1) is 11.7. The highest BCUT2D eigenvalue weighted by atomic mass is 32.1. The number of hydrogen-bond donors (Lipinski definition) is 1. The summed E-state index contributed by atoms with van der Waals surface area (Å²) in [5.41, 5.74) is 1.40. The predicted octanol–water partition coefficient (Wildman–Crippen LogP) is 3.61. The van der Waals surface area contributed by atoms with Gasteiger partial charge in [0.25, 0.3) is 0 Å². The largest absolute Gasteiger partial charge is 0.303 e. The van der Waals surface area contributed by atoms with Crippen LogP contribution in [0.25, 0.3) is 0 Å². The molecule has 2 saturated carbocycles. The van der Waals surface area contributed by atoms with Crippen molar-refractivity contribution in [2.45, 2.75) is 64.0 Å². The van der Waals surface area contributed by atoms with Crippen LogP contribution in [0, 0.1) is 12.8 Å². The molecule has 94 valence electrons. The smallest absolute Gasteiger partial charge is 0.113 e. The summed E-state index contributed by atoms with van der Waals surface area (Å²) >= 11 is 1.85. The third-order valence-corrected chi connectivity index (χ3v) is 5.38. The van der Waals surface area contributed by atoms with Gasteiger partial charge in [-0.1, -0.05) is 6.92 Å². The van der Waals surface area contributed by atoms with Gasteiger partial charge in [-0.25, -0.2) is 4.98 Å². The van der Waals surface area contributed by atoms with Gasteiger partial charge in [0.05, 0.1) is 5.54 Å². The van der Waals surface area contributed by atoms with E-state index in [1.165, 1.54) is 49.2 Å². The Morgan fingerprint density at radius 3 is 2.53 bits per heavy atom. The van der Waals surface area contributed by atoms with E-state index in [0.717, 1.165) is 12.0 Å². The summed E-state index contributed by atoms with van der Waals surface area (Å²) in [7, 11) is 0. The molecule has 0 atom stereocenters. The summed E-state index contributed by atoms with van der Waals surface area (Å²) in [6.45, 7) is 4.49.